The third-order valence-electron chi connectivity index (χ3n) is 2.07. The Morgan fingerprint density at radius 1 is 1.40 bits per heavy atom. The number of hydrogen-bond acceptors (Lipinski definition) is 3. The van der Waals surface area contributed by atoms with Gasteiger partial charge in [0.1, 0.15) is 0 Å². The largest absolute Gasteiger partial charge is 0.282 e. The molecule has 2 rings (SSSR count). The molecule has 0 saturated carbocycles. The highest BCUT2D eigenvalue weighted by Crippen LogP contribution is 2.15. The van der Waals surface area contributed by atoms with E-state index in [2.05, 4.69) is 10.2 Å². The summed E-state index contributed by atoms with van der Waals surface area (Å²) in [5.74, 6) is 0. The number of non-ortho nitro benzene ring substituents is 1. The zero-order valence-electron chi connectivity index (χ0n) is 7.88. The van der Waals surface area contributed by atoms with Gasteiger partial charge in [0, 0.05) is 30.4 Å². The lowest BCUT2D eigenvalue weighted by Crippen LogP contribution is -1.92. The van der Waals surface area contributed by atoms with Crippen molar-refractivity contribution in [1.29, 1.82) is 0 Å². The quantitative estimate of drug-likeness (QED) is 0.611. The molecular weight excluding hydrogens is 194 g/mol. The molecule has 1 aromatic carbocycles. The minimum absolute atomic E-state index is 0.118. The molecule has 1 N–H and O–H groups in total. The van der Waals surface area contributed by atoms with E-state index in [4.69, 9.17) is 0 Å². The highest BCUT2D eigenvalue weighted by Gasteiger charge is 2.06. The molecule has 0 saturated heterocycles. The van der Waals surface area contributed by atoms with E-state index in [1.165, 1.54) is 6.07 Å². The van der Waals surface area contributed by atoms with Gasteiger partial charge in [-0.05, 0) is 11.6 Å². The Balaban J connectivity index is 2.22. The average molecular weight is 203 g/mol. The zero-order valence-corrected chi connectivity index (χ0v) is 7.88. The Morgan fingerprint density at radius 3 is 2.93 bits per heavy atom. The van der Waals surface area contributed by atoms with E-state index < -0.39 is 4.92 Å². The van der Waals surface area contributed by atoms with E-state index in [0.717, 1.165) is 11.3 Å². The number of aromatic amines is 1. The summed E-state index contributed by atoms with van der Waals surface area (Å²) >= 11 is 0. The molecule has 0 aliphatic carbocycles. The molecule has 76 valence electrons. The smallest absolute Gasteiger partial charge is 0.269 e. The SMILES string of the molecule is O=[N+]([O-])c1cccc(Cc2ccn[nH]2)c1. The number of H-pyrrole nitrogens is 1. The molecule has 5 nitrogen and oxygen atoms in total. The van der Waals surface area contributed by atoms with Crippen LogP contribution in [0.5, 0.6) is 0 Å². The molecular formula is C10H9N3O2. The van der Waals surface area contributed by atoms with Crippen molar-refractivity contribution in [3.63, 3.8) is 0 Å². The molecule has 0 fully saturated rings. The van der Waals surface area contributed by atoms with Crippen LogP contribution in [0.3, 0.4) is 0 Å². The molecule has 0 amide bonds. The van der Waals surface area contributed by atoms with E-state index in [-0.39, 0.29) is 5.69 Å². The van der Waals surface area contributed by atoms with Crippen LogP contribution in [-0.4, -0.2) is 15.1 Å². The second-order valence-electron chi connectivity index (χ2n) is 3.19. The van der Waals surface area contributed by atoms with Crippen LogP contribution in [0.4, 0.5) is 5.69 Å². The van der Waals surface area contributed by atoms with Crippen molar-refractivity contribution in [2.75, 3.05) is 0 Å². The summed E-state index contributed by atoms with van der Waals surface area (Å²) in [6.07, 6.45) is 2.29. The molecule has 0 radical (unpaired) electrons. The number of nitrogens with one attached hydrogen (secondary N) is 1. The van der Waals surface area contributed by atoms with Crippen molar-refractivity contribution >= 4 is 5.69 Å². The number of nitrogens with zero attached hydrogens (tertiary/aromatic N) is 2. The fourth-order valence-corrected chi connectivity index (χ4v) is 1.38. The molecule has 0 bridgehead atoms. The van der Waals surface area contributed by atoms with Crippen molar-refractivity contribution in [2.24, 2.45) is 0 Å². The third kappa shape index (κ3) is 2.19. The number of nitro groups is 1. The fourth-order valence-electron chi connectivity index (χ4n) is 1.38. The molecule has 1 aromatic heterocycles. The van der Waals surface area contributed by atoms with Gasteiger partial charge in [-0.25, -0.2) is 0 Å². The van der Waals surface area contributed by atoms with Crippen LogP contribution >= 0.6 is 0 Å². The Hall–Kier alpha value is -2.17. The zero-order chi connectivity index (χ0) is 10.7. The van der Waals surface area contributed by atoms with E-state index in [1.54, 1.807) is 18.3 Å². The van der Waals surface area contributed by atoms with E-state index >= 15 is 0 Å². The molecule has 0 spiro atoms. The predicted octanol–water partition coefficient (Wildman–Crippen LogP) is 1.91. The van der Waals surface area contributed by atoms with Crippen LogP contribution in [0, 0.1) is 10.1 Å². The van der Waals surface area contributed by atoms with Crippen molar-refractivity contribution in [1.82, 2.24) is 10.2 Å². The van der Waals surface area contributed by atoms with Crippen molar-refractivity contribution < 1.29 is 4.92 Å². The first-order chi connectivity index (χ1) is 7.25. The molecule has 0 aliphatic heterocycles. The highest BCUT2D eigenvalue weighted by molar-refractivity contribution is 5.35. The third-order valence-corrected chi connectivity index (χ3v) is 2.07. The summed E-state index contributed by atoms with van der Waals surface area (Å²) < 4.78 is 0. The first-order valence-corrected chi connectivity index (χ1v) is 4.47. The van der Waals surface area contributed by atoms with Gasteiger partial charge in [0.25, 0.3) is 5.69 Å². The Kier molecular flexibility index (Phi) is 2.45. The van der Waals surface area contributed by atoms with Gasteiger partial charge < -0.3 is 0 Å². The number of aromatic nitrogens is 2. The minimum atomic E-state index is -0.392. The minimum Gasteiger partial charge on any atom is -0.282 e. The number of benzene rings is 1. The molecule has 1 heterocycles. The molecule has 0 atom stereocenters. The van der Waals surface area contributed by atoms with Gasteiger partial charge in [-0.3, -0.25) is 15.2 Å². The monoisotopic (exact) mass is 203 g/mol. The second kappa shape index (κ2) is 3.91. The van der Waals surface area contributed by atoms with Crippen LogP contribution in [0.25, 0.3) is 0 Å². The fraction of sp³-hybridized carbons (Fsp3) is 0.100. The Labute approximate surface area is 85.9 Å². The van der Waals surface area contributed by atoms with Crippen LogP contribution in [0.15, 0.2) is 36.5 Å². The standard InChI is InChI=1S/C10H9N3O2/c14-13(15)10-3-1-2-8(7-10)6-9-4-5-11-12-9/h1-5,7H,6H2,(H,11,12). The lowest BCUT2D eigenvalue weighted by molar-refractivity contribution is -0.384. The van der Waals surface area contributed by atoms with Crippen LogP contribution in [0.2, 0.25) is 0 Å². The maximum absolute atomic E-state index is 10.5. The summed E-state index contributed by atoms with van der Waals surface area (Å²) in [5, 5.41) is 17.2. The average Bonchev–Trinajstić information content (AvgIpc) is 2.71. The molecule has 15 heavy (non-hydrogen) atoms. The first-order valence-electron chi connectivity index (χ1n) is 4.47. The summed E-state index contributed by atoms with van der Waals surface area (Å²) in [7, 11) is 0. The Morgan fingerprint density at radius 2 is 2.27 bits per heavy atom. The van der Waals surface area contributed by atoms with Gasteiger partial charge in [-0.2, -0.15) is 5.10 Å². The Bertz CT molecular complexity index is 465. The summed E-state index contributed by atoms with van der Waals surface area (Å²) in [6, 6.07) is 8.44. The van der Waals surface area contributed by atoms with Gasteiger partial charge in [-0.1, -0.05) is 12.1 Å². The second-order valence-corrected chi connectivity index (χ2v) is 3.19. The van der Waals surface area contributed by atoms with E-state index in [1.807, 2.05) is 12.1 Å². The molecule has 5 heteroatoms. The number of hydrogen-bond donors (Lipinski definition) is 1. The van der Waals surface area contributed by atoms with Crippen molar-refractivity contribution in [3.05, 3.63) is 57.9 Å². The van der Waals surface area contributed by atoms with Gasteiger partial charge in [0.05, 0.1) is 4.92 Å². The number of rotatable bonds is 3. The normalized spacial score (nSPS) is 10.1. The van der Waals surface area contributed by atoms with Gasteiger partial charge >= 0.3 is 0 Å². The maximum atomic E-state index is 10.5. The van der Waals surface area contributed by atoms with E-state index in [0.29, 0.717) is 6.42 Å². The van der Waals surface area contributed by atoms with Gasteiger partial charge in [0.2, 0.25) is 0 Å². The first kappa shape index (κ1) is 9.39. The van der Waals surface area contributed by atoms with Crippen LogP contribution in [-0.2, 0) is 6.42 Å². The predicted molar refractivity (Wildman–Crippen MR) is 54.5 cm³/mol. The van der Waals surface area contributed by atoms with Crippen molar-refractivity contribution in [2.45, 2.75) is 6.42 Å². The maximum Gasteiger partial charge on any atom is 0.269 e. The van der Waals surface area contributed by atoms with E-state index in [9.17, 15) is 10.1 Å². The molecule has 0 aliphatic rings. The molecule has 0 unspecified atom stereocenters. The highest BCUT2D eigenvalue weighted by atomic mass is 16.6. The van der Waals surface area contributed by atoms with Gasteiger partial charge in [-0.15, -0.1) is 0 Å². The lowest BCUT2D eigenvalue weighted by Gasteiger charge is -1.98. The van der Waals surface area contributed by atoms with Crippen molar-refractivity contribution in [3.8, 4) is 0 Å². The summed E-state index contributed by atoms with van der Waals surface area (Å²) in [4.78, 5) is 10.1. The lowest BCUT2D eigenvalue weighted by atomic mass is 10.1. The molecule has 2 aromatic rings. The van der Waals surface area contributed by atoms with Crippen LogP contribution < -0.4 is 0 Å². The van der Waals surface area contributed by atoms with Crippen LogP contribution in [0.1, 0.15) is 11.3 Å². The summed E-state index contributed by atoms with van der Waals surface area (Å²) in [5.41, 5.74) is 1.95. The summed E-state index contributed by atoms with van der Waals surface area (Å²) in [6.45, 7) is 0. The van der Waals surface area contributed by atoms with Gasteiger partial charge in [0.15, 0.2) is 0 Å². The topological polar surface area (TPSA) is 71.8 Å². The number of nitro benzene ring substituents is 1.